The van der Waals surface area contributed by atoms with Crippen molar-refractivity contribution in [3.8, 4) is 0 Å². The average Bonchev–Trinajstić information content (AvgIpc) is 2.89. The number of thioether (sulfide) groups is 1. The summed E-state index contributed by atoms with van der Waals surface area (Å²) in [6.07, 6.45) is 6.06. The summed E-state index contributed by atoms with van der Waals surface area (Å²) in [5.41, 5.74) is 6.44. The quantitative estimate of drug-likeness (QED) is 0.752. The summed E-state index contributed by atoms with van der Waals surface area (Å²) in [4.78, 5) is 0. The van der Waals surface area contributed by atoms with Gasteiger partial charge in [0.25, 0.3) is 0 Å². The molecule has 2 nitrogen and oxygen atoms in total. The zero-order chi connectivity index (χ0) is 10.0. The van der Waals surface area contributed by atoms with Crippen LogP contribution in [0.2, 0.25) is 0 Å². The number of nitrogens with two attached hydrogens (primary N) is 1. The van der Waals surface area contributed by atoms with Gasteiger partial charge in [-0.1, -0.05) is 12.8 Å². The Balaban J connectivity index is 2.02. The van der Waals surface area contributed by atoms with Gasteiger partial charge in [-0.05, 0) is 36.7 Å². The van der Waals surface area contributed by atoms with Crippen LogP contribution in [0, 0.1) is 11.3 Å². The van der Waals surface area contributed by atoms with Crippen LogP contribution in [-0.2, 0) is 0 Å². The maximum atomic E-state index is 9.56. The molecule has 0 spiro atoms. The molecule has 2 atom stereocenters. The van der Waals surface area contributed by atoms with Crippen LogP contribution in [0.4, 0.5) is 0 Å². The topological polar surface area (TPSA) is 46.2 Å². The molecular formula is C11H21NOS. The summed E-state index contributed by atoms with van der Waals surface area (Å²) in [6.45, 7) is 0.301. The average molecular weight is 215 g/mol. The van der Waals surface area contributed by atoms with Crippen molar-refractivity contribution in [2.24, 2.45) is 17.1 Å². The maximum absolute atomic E-state index is 9.56. The number of hydrogen-bond donors (Lipinski definition) is 2. The molecule has 14 heavy (non-hydrogen) atoms. The van der Waals surface area contributed by atoms with Crippen molar-refractivity contribution >= 4 is 11.8 Å². The van der Waals surface area contributed by atoms with Gasteiger partial charge < -0.3 is 10.8 Å². The Kier molecular flexibility index (Phi) is 3.40. The summed E-state index contributed by atoms with van der Waals surface area (Å²) < 4.78 is 0. The minimum atomic E-state index is 0.0789. The molecule has 82 valence electrons. The molecule has 1 saturated heterocycles. The normalized spacial score (nSPS) is 33.4. The van der Waals surface area contributed by atoms with Gasteiger partial charge in [-0.25, -0.2) is 0 Å². The third kappa shape index (κ3) is 1.82. The van der Waals surface area contributed by atoms with E-state index >= 15 is 0 Å². The van der Waals surface area contributed by atoms with Crippen LogP contribution in [0.25, 0.3) is 0 Å². The highest BCUT2D eigenvalue weighted by molar-refractivity contribution is 7.99. The Morgan fingerprint density at radius 1 is 1.43 bits per heavy atom. The van der Waals surface area contributed by atoms with E-state index in [1.165, 1.54) is 30.8 Å². The highest BCUT2D eigenvalue weighted by Gasteiger charge is 2.42. The molecule has 1 aliphatic heterocycles. The molecule has 0 aromatic carbocycles. The molecule has 0 amide bonds. The van der Waals surface area contributed by atoms with Gasteiger partial charge in [-0.2, -0.15) is 11.8 Å². The van der Waals surface area contributed by atoms with Crippen LogP contribution >= 0.6 is 11.8 Å². The largest absolute Gasteiger partial charge is 0.396 e. The van der Waals surface area contributed by atoms with Gasteiger partial charge in [0, 0.05) is 11.5 Å². The Morgan fingerprint density at radius 3 is 2.64 bits per heavy atom. The summed E-state index contributed by atoms with van der Waals surface area (Å²) in [5.74, 6) is 3.13. The second-order valence-corrected chi connectivity index (χ2v) is 6.03. The van der Waals surface area contributed by atoms with Crippen molar-refractivity contribution in [1.29, 1.82) is 0 Å². The zero-order valence-corrected chi connectivity index (χ0v) is 9.56. The number of aliphatic hydroxyl groups excluding tert-OH is 1. The molecule has 3 heteroatoms. The SMILES string of the molecule is NC(C1CCSC1)C1(CO)CCCC1. The lowest BCUT2D eigenvalue weighted by Crippen LogP contribution is -2.47. The fourth-order valence-corrected chi connectivity index (χ4v) is 4.32. The van der Waals surface area contributed by atoms with Gasteiger partial charge in [-0.3, -0.25) is 0 Å². The lowest BCUT2D eigenvalue weighted by Gasteiger charge is -2.36. The summed E-state index contributed by atoms with van der Waals surface area (Å²) in [7, 11) is 0. The van der Waals surface area contributed by atoms with Crippen LogP contribution in [0.15, 0.2) is 0 Å². The van der Waals surface area contributed by atoms with E-state index in [1.807, 2.05) is 11.8 Å². The van der Waals surface area contributed by atoms with E-state index in [-0.39, 0.29) is 11.5 Å². The molecular weight excluding hydrogens is 194 g/mol. The van der Waals surface area contributed by atoms with Crippen LogP contribution in [0.1, 0.15) is 32.1 Å². The molecule has 0 bridgehead atoms. The molecule has 2 aliphatic rings. The van der Waals surface area contributed by atoms with Gasteiger partial charge in [0.05, 0.1) is 6.61 Å². The van der Waals surface area contributed by atoms with Crippen molar-refractivity contribution in [2.75, 3.05) is 18.1 Å². The first-order valence-corrected chi connectivity index (χ1v) is 6.88. The van der Waals surface area contributed by atoms with E-state index < -0.39 is 0 Å². The molecule has 2 fully saturated rings. The van der Waals surface area contributed by atoms with Gasteiger partial charge in [-0.15, -0.1) is 0 Å². The van der Waals surface area contributed by atoms with Crippen molar-refractivity contribution in [1.82, 2.24) is 0 Å². The molecule has 2 unspecified atom stereocenters. The van der Waals surface area contributed by atoms with Crippen LogP contribution in [0.5, 0.6) is 0 Å². The first-order valence-electron chi connectivity index (χ1n) is 5.73. The second kappa shape index (κ2) is 4.42. The highest BCUT2D eigenvalue weighted by atomic mass is 32.2. The maximum Gasteiger partial charge on any atom is 0.0502 e. The van der Waals surface area contributed by atoms with E-state index in [4.69, 9.17) is 5.73 Å². The van der Waals surface area contributed by atoms with Gasteiger partial charge in [0.1, 0.15) is 0 Å². The van der Waals surface area contributed by atoms with Crippen molar-refractivity contribution in [2.45, 2.75) is 38.1 Å². The molecule has 1 heterocycles. The fraction of sp³-hybridized carbons (Fsp3) is 1.00. The van der Waals surface area contributed by atoms with Crippen molar-refractivity contribution < 1.29 is 5.11 Å². The lowest BCUT2D eigenvalue weighted by atomic mass is 9.74. The Bertz CT molecular complexity index is 186. The van der Waals surface area contributed by atoms with Gasteiger partial charge >= 0.3 is 0 Å². The summed E-state index contributed by atoms with van der Waals surface area (Å²) in [5, 5.41) is 9.56. The second-order valence-electron chi connectivity index (χ2n) is 4.88. The molecule has 0 aromatic rings. The van der Waals surface area contributed by atoms with E-state index in [9.17, 15) is 5.11 Å². The van der Waals surface area contributed by atoms with Crippen LogP contribution in [0.3, 0.4) is 0 Å². The third-order valence-corrected chi connectivity index (χ3v) is 5.28. The minimum absolute atomic E-state index is 0.0789. The first-order chi connectivity index (χ1) is 6.78. The van der Waals surface area contributed by atoms with Gasteiger partial charge in [0.2, 0.25) is 0 Å². The minimum Gasteiger partial charge on any atom is -0.396 e. The molecule has 1 saturated carbocycles. The van der Waals surface area contributed by atoms with E-state index in [1.54, 1.807) is 0 Å². The van der Waals surface area contributed by atoms with E-state index in [2.05, 4.69) is 0 Å². The Morgan fingerprint density at radius 2 is 2.14 bits per heavy atom. The lowest BCUT2D eigenvalue weighted by molar-refractivity contribution is 0.0820. The van der Waals surface area contributed by atoms with E-state index in [0.717, 1.165) is 12.8 Å². The van der Waals surface area contributed by atoms with Gasteiger partial charge in [0.15, 0.2) is 0 Å². The van der Waals surface area contributed by atoms with E-state index in [0.29, 0.717) is 12.5 Å². The monoisotopic (exact) mass is 215 g/mol. The van der Waals surface area contributed by atoms with Crippen LogP contribution in [-0.4, -0.2) is 29.3 Å². The number of aliphatic hydroxyl groups is 1. The zero-order valence-electron chi connectivity index (χ0n) is 8.74. The van der Waals surface area contributed by atoms with Crippen molar-refractivity contribution in [3.63, 3.8) is 0 Å². The Labute approximate surface area is 90.6 Å². The first kappa shape index (κ1) is 10.8. The molecule has 0 radical (unpaired) electrons. The van der Waals surface area contributed by atoms with Crippen molar-refractivity contribution in [3.05, 3.63) is 0 Å². The third-order valence-electron chi connectivity index (χ3n) is 4.09. The Hall–Kier alpha value is 0.270. The summed E-state index contributed by atoms with van der Waals surface area (Å²) in [6, 6.07) is 0.241. The molecule has 3 N–H and O–H groups in total. The molecule has 0 aromatic heterocycles. The predicted octanol–water partition coefficient (Wildman–Crippen LogP) is 1.62. The molecule has 1 aliphatic carbocycles. The highest BCUT2D eigenvalue weighted by Crippen LogP contribution is 2.44. The fourth-order valence-electron chi connectivity index (χ4n) is 3.01. The number of rotatable bonds is 3. The standard InChI is InChI=1S/C11H21NOS/c12-10(9-3-6-14-7-9)11(8-13)4-1-2-5-11/h9-10,13H,1-8,12H2. The smallest absolute Gasteiger partial charge is 0.0502 e. The predicted molar refractivity (Wildman–Crippen MR) is 61.4 cm³/mol. The summed E-state index contributed by atoms with van der Waals surface area (Å²) >= 11 is 2.02. The molecule has 2 rings (SSSR count). The number of hydrogen-bond acceptors (Lipinski definition) is 3. The van der Waals surface area contributed by atoms with Crippen LogP contribution < -0.4 is 5.73 Å².